The van der Waals surface area contributed by atoms with E-state index in [1.165, 1.54) is 0 Å². The Bertz CT molecular complexity index is 27.9. The van der Waals surface area contributed by atoms with Crippen LogP contribution < -0.4 is 65.8 Å². The molecule has 0 aliphatic rings. The third kappa shape index (κ3) is 89.1. The summed E-state index contributed by atoms with van der Waals surface area (Å²) in [4.78, 5) is 33.1. The van der Waals surface area contributed by atoms with Crippen LogP contribution >= 0.6 is 0 Å². The summed E-state index contributed by atoms with van der Waals surface area (Å²) in [6.45, 7) is 0. The molecular formula is H3FeKO5Si. The fourth-order valence-corrected chi connectivity index (χ4v) is 0. The molecule has 46 valence electrons. The molecule has 0 aromatic carbocycles. The first-order valence-electron chi connectivity index (χ1n) is 0.836. The Kier molecular flexibility index (Phi) is 25.8. The second kappa shape index (κ2) is 9.17. The average Bonchev–Trinajstić information content (AvgIpc) is 0.722. The van der Waals surface area contributed by atoms with Gasteiger partial charge in [0.15, 0.2) is 0 Å². The Morgan fingerprint density at radius 2 is 1.12 bits per heavy atom. The van der Waals surface area contributed by atoms with Gasteiger partial charge in [-0.2, -0.15) is 0 Å². The minimum Gasteiger partial charge on any atom is -0.861 e. The van der Waals surface area contributed by atoms with Gasteiger partial charge < -0.3 is 24.7 Å². The van der Waals surface area contributed by atoms with Crippen molar-refractivity contribution in [2.45, 2.75) is 0 Å². The minimum atomic E-state index is -5.36. The van der Waals surface area contributed by atoms with Gasteiger partial charge in [0.05, 0.1) is 0 Å². The van der Waals surface area contributed by atoms with Crippen LogP contribution in [0, 0.1) is 0 Å². The topological polar surface area (TPSA) is 121 Å². The largest absolute Gasteiger partial charge is 2.00 e. The van der Waals surface area contributed by atoms with Crippen LogP contribution in [0.1, 0.15) is 0 Å². The van der Waals surface area contributed by atoms with E-state index in [1.807, 2.05) is 0 Å². The number of hydrogen-bond donors (Lipinski definition) is 1. The molecule has 8 heteroatoms. The zero-order valence-corrected chi connectivity index (χ0v) is 9.25. The first-order valence-corrected chi connectivity index (χ1v) is 2.51. The molecule has 0 heterocycles. The van der Waals surface area contributed by atoms with E-state index in [0.29, 0.717) is 0 Å². The van der Waals surface area contributed by atoms with Crippen LogP contribution in [-0.2, 0) is 17.1 Å². The molecular weight excluding hydrogens is 203 g/mol. The van der Waals surface area contributed by atoms with Gasteiger partial charge in [0.1, 0.15) is 0 Å². The van der Waals surface area contributed by atoms with Crippen molar-refractivity contribution in [1.29, 1.82) is 0 Å². The minimum absolute atomic E-state index is 0. The van der Waals surface area contributed by atoms with Crippen molar-refractivity contribution in [3.8, 4) is 0 Å². The summed E-state index contributed by atoms with van der Waals surface area (Å²) in [6.07, 6.45) is 0. The third-order valence-corrected chi connectivity index (χ3v) is 0. The van der Waals surface area contributed by atoms with Crippen molar-refractivity contribution in [2.75, 3.05) is 0 Å². The molecule has 0 aromatic heterocycles. The predicted molar refractivity (Wildman–Crippen MR) is 11.6 cm³/mol. The molecule has 0 aromatic rings. The molecule has 0 unspecified atom stereocenters. The normalized spacial score (nSPS) is 7.50. The van der Waals surface area contributed by atoms with Gasteiger partial charge in [-0.25, -0.2) is 0 Å². The molecule has 0 radical (unpaired) electrons. The van der Waals surface area contributed by atoms with E-state index in [9.17, 15) is 0 Å². The molecule has 0 spiro atoms. The van der Waals surface area contributed by atoms with Crippen LogP contribution in [0.4, 0.5) is 0 Å². The molecule has 0 fully saturated rings. The first-order chi connectivity index (χ1) is 2.00. The summed E-state index contributed by atoms with van der Waals surface area (Å²) >= 11 is 0. The quantitative estimate of drug-likeness (QED) is 0.395. The Morgan fingerprint density at radius 1 is 1.12 bits per heavy atom. The summed E-state index contributed by atoms with van der Waals surface area (Å²) in [5, 5.41) is 0. The van der Waals surface area contributed by atoms with E-state index >= 15 is 0 Å². The molecule has 0 saturated heterocycles. The van der Waals surface area contributed by atoms with Gasteiger partial charge in [-0.05, 0) is 0 Å². The Balaban J connectivity index is -0.0000000267. The summed E-state index contributed by atoms with van der Waals surface area (Å²) in [5.41, 5.74) is 0. The van der Waals surface area contributed by atoms with Crippen LogP contribution in [0.2, 0.25) is 0 Å². The summed E-state index contributed by atoms with van der Waals surface area (Å²) in [5.74, 6) is 0. The van der Waals surface area contributed by atoms with Gasteiger partial charge in [-0.1, -0.05) is 0 Å². The molecule has 0 aliphatic heterocycles. The van der Waals surface area contributed by atoms with Gasteiger partial charge in [-0.15, -0.1) is 9.05 Å². The summed E-state index contributed by atoms with van der Waals surface area (Å²) in [6, 6.07) is 0. The van der Waals surface area contributed by atoms with Crippen LogP contribution in [0.15, 0.2) is 0 Å². The fourth-order valence-electron chi connectivity index (χ4n) is 0. The smallest absolute Gasteiger partial charge is 0.861 e. The average molecular weight is 206 g/mol. The van der Waals surface area contributed by atoms with Crippen LogP contribution in [0.3, 0.4) is 0 Å². The van der Waals surface area contributed by atoms with Crippen molar-refractivity contribution in [3.63, 3.8) is 0 Å². The van der Waals surface area contributed by atoms with Crippen molar-refractivity contribution in [3.05, 3.63) is 0 Å². The van der Waals surface area contributed by atoms with E-state index in [4.69, 9.17) is 19.2 Å². The van der Waals surface area contributed by atoms with Crippen molar-refractivity contribution in [1.82, 2.24) is 0 Å². The molecule has 0 rings (SSSR count). The molecule has 0 aliphatic carbocycles. The number of hydrogen-bond acceptors (Lipinski definition) is 4. The van der Waals surface area contributed by atoms with Gasteiger partial charge in [0.2, 0.25) is 0 Å². The van der Waals surface area contributed by atoms with Gasteiger partial charge in [0, 0.05) is 0 Å². The monoisotopic (exact) mass is 206 g/mol. The zero-order valence-electron chi connectivity index (χ0n) is 4.03. The second-order valence-corrected chi connectivity index (χ2v) is 1.57. The van der Waals surface area contributed by atoms with Gasteiger partial charge in [-0.3, -0.25) is 0 Å². The van der Waals surface area contributed by atoms with Crippen LogP contribution in [0.5, 0.6) is 0 Å². The van der Waals surface area contributed by atoms with E-state index < -0.39 is 9.05 Å². The van der Waals surface area contributed by atoms with E-state index in [1.54, 1.807) is 0 Å². The Hall–Kier alpha value is 2.17. The molecule has 0 bridgehead atoms. The van der Waals surface area contributed by atoms with Crippen LogP contribution in [0.25, 0.3) is 0 Å². The molecule has 8 heavy (non-hydrogen) atoms. The maximum atomic E-state index is 8.69. The van der Waals surface area contributed by atoms with E-state index in [2.05, 4.69) is 0 Å². The Labute approximate surface area is 100 Å². The second-order valence-electron chi connectivity index (χ2n) is 0.524. The molecule has 0 saturated carbocycles. The molecule has 5 nitrogen and oxygen atoms in total. The summed E-state index contributed by atoms with van der Waals surface area (Å²) < 4.78 is 0. The third-order valence-electron chi connectivity index (χ3n) is 0. The van der Waals surface area contributed by atoms with Gasteiger partial charge >= 0.3 is 68.5 Å². The molecule has 0 atom stereocenters. The predicted octanol–water partition coefficient (Wildman–Crippen LogP) is -8.33. The van der Waals surface area contributed by atoms with E-state index in [0.717, 1.165) is 0 Å². The van der Waals surface area contributed by atoms with E-state index in [-0.39, 0.29) is 73.9 Å². The molecule has 0 amide bonds. The Morgan fingerprint density at radius 3 is 1.12 bits per heavy atom. The van der Waals surface area contributed by atoms with Crippen LogP contribution in [-0.4, -0.2) is 19.3 Å². The fraction of sp³-hybridized carbons (Fsp3) is 0. The maximum absolute atomic E-state index is 8.69. The van der Waals surface area contributed by atoms with Crippen molar-refractivity contribution >= 4 is 9.05 Å². The standard InChI is InChI=1S/Fe.K.HO4Si.H2O/c;;1-5(2,3)4;/h;;1H;1H2/q+2;+1;-3;. The number of rotatable bonds is 0. The zero-order chi connectivity index (χ0) is 4.50. The van der Waals surface area contributed by atoms with Gasteiger partial charge in [0.25, 0.3) is 0 Å². The SMILES string of the molecule is O.[Fe+2].[K+].[O-][Si]([O-])([O-])O. The maximum Gasteiger partial charge on any atom is 2.00 e. The first kappa shape index (κ1) is 22.5. The van der Waals surface area contributed by atoms with Crippen molar-refractivity contribution in [2.24, 2.45) is 0 Å². The molecule has 3 N–H and O–H groups in total. The van der Waals surface area contributed by atoms with Crippen molar-refractivity contribution < 1.29 is 93.1 Å². The summed E-state index contributed by atoms with van der Waals surface area (Å²) in [7, 11) is -5.36.